The summed E-state index contributed by atoms with van der Waals surface area (Å²) in [6.45, 7) is 0. The van der Waals surface area contributed by atoms with Crippen LogP contribution in [0.4, 0.5) is 0 Å². The topological polar surface area (TPSA) is 50.9 Å². The van der Waals surface area contributed by atoms with Crippen molar-refractivity contribution in [2.24, 2.45) is 0 Å². The Kier molecular flexibility index (Phi) is 1.66. The van der Waals surface area contributed by atoms with Crippen LogP contribution in [0.25, 0.3) is 11.0 Å². The first kappa shape index (κ1) is 8.31. The third-order valence-corrected chi connectivity index (χ3v) is 1.69. The van der Waals surface area contributed by atoms with Gasteiger partial charge in [-0.25, -0.2) is 4.68 Å². The van der Waals surface area contributed by atoms with Crippen molar-refractivity contribution in [3.8, 4) is 0 Å². The van der Waals surface area contributed by atoms with Gasteiger partial charge in [0.25, 0.3) is 0 Å². The fraction of sp³-hybridized carbons (Fsp3) is 0.143. The molecule has 60 valence electrons. The minimum Gasteiger partial charge on any atom is -0.388 e. The Bertz CT molecular complexity index is 434. The Balaban J connectivity index is 2.72. The van der Waals surface area contributed by atoms with E-state index in [1.807, 2.05) is 6.07 Å². The molecular formula is C7H5B2N3O. The number of benzene rings is 1. The second-order valence-electron chi connectivity index (χ2n) is 2.77. The molecule has 0 aliphatic carbocycles. The number of aliphatic hydroxyl groups is 1. The van der Waals surface area contributed by atoms with Gasteiger partial charge in [0.05, 0.1) is 11.0 Å². The van der Waals surface area contributed by atoms with Crippen LogP contribution in [0.3, 0.4) is 0 Å². The molecule has 2 rings (SSSR count). The predicted octanol–water partition coefficient (Wildman–Crippen LogP) is -0.672. The largest absolute Gasteiger partial charge is 0.388 e. The van der Waals surface area contributed by atoms with Crippen molar-refractivity contribution in [2.75, 3.05) is 0 Å². The van der Waals surface area contributed by atoms with E-state index in [1.54, 1.807) is 18.2 Å². The second-order valence-corrected chi connectivity index (χ2v) is 2.77. The van der Waals surface area contributed by atoms with Crippen LogP contribution in [-0.2, 0) is 5.52 Å². The van der Waals surface area contributed by atoms with Crippen molar-refractivity contribution in [2.45, 2.75) is 5.52 Å². The monoisotopic (exact) mass is 169 g/mol. The minimum atomic E-state index is -2.00. The molecule has 0 amide bonds. The number of nitrogens with zero attached hydrogens (tertiary/aromatic N) is 3. The molecule has 1 heterocycles. The maximum atomic E-state index is 9.29. The van der Waals surface area contributed by atoms with E-state index in [1.165, 1.54) is 0 Å². The maximum absolute atomic E-state index is 9.29. The first-order valence-corrected chi connectivity index (χ1v) is 3.70. The number of fused-ring (bicyclic) bond motifs is 1. The molecule has 0 spiro atoms. The third kappa shape index (κ3) is 1.33. The molecule has 0 bridgehead atoms. The SMILES string of the molecule is [B]C([B])(O)n1nnc2ccccc21. The average Bonchev–Trinajstić information content (AvgIpc) is 2.45. The lowest BCUT2D eigenvalue weighted by Gasteiger charge is -2.18. The van der Waals surface area contributed by atoms with E-state index in [0.29, 0.717) is 11.0 Å². The summed E-state index contributed by atoms with van der Waals surface area (Å²) in [6.07, 6.45) is 0. The molecule has 0 atom stereocenters. The van der Waals surface area contributed by atoms with E-state index in [9.17, 15) is 5.11 Å². The Morgan fingerprint density at radius 2 is 2.00 bits per heavy atom. The predicted molar refractivity (Wildman–Crippen MR) is 49.2 cm³/mol. The van der Waals surface area contributed by atoms with Gasteiger partial charge in [-0.1, -0.05) is 17.3 Å². The standard InChI is InChI=1S/C7H5B2N3O/c8-7(9,13)12-6-4-2-1-3-5(6)10-11-12/h1-4,13H. The van der Waals surface area contributed by atoms with Gasteiger partial charge in [0.15, 0.2) is 0 Å². The van der Waals surface area contributed by atoms with Crippen LogP contribution in [0.1, 0.15) is 0 Å². The van der Waals surface area contributed by atoms with Crippen LogP contribution in [0, 0.1) is 0 Å². The molecule has 1 aromatic carbocycles. The van der Waals surface area contributed by atoms with Gasteiger partial charge in [0.2, 0.25) is 0 Å². The van der Waals surface area contributed by atoms with Gasteiger partial charge in [0, 0.05) is 0 Å². The molecule has 0 saturated heterocycles. The lowest BCUT2D eigenvalue weighted by molar-refractivity contribution is 0.129. The first-order valence-electron chi connectivity index (χ1n) is 3.70. The quantitative estimate of drug-likeness (QED) is 0.575. The summed E-state index contributed by atoms with van der Waals surface area (Å²) in [4.78, 5) is 0. The fourth-order valence-corrected chi connectivity index (χ4v) is 1.13. The Morgan fingerprint density at radius 1 is 1.31 bits per heavy atom. The number of hydrogen-bond donors (Lipinski definition) is 1. The zero-order chi connectivity index (χ0) is 9.47. The molecule has 1 N–H and O–H groups in total. The van der Waals surface area contributed by atoms with E-state index < -0.39 is 5.52 Å². The molecule has 0 fully saturated rings. The molecule has 13 heavy (non-hydrogen) atoms. The van der Waals surface area contributed by atoms with Crippen LogP contribution >= 0.6 is 0 Å². The molecule has 0 aliphatic rings. The summed E-state index contributed by atoms with van der Waals surface area (Å²) in [5, 5.41) is 16.7. The molecular weight excluding hydrogens is 164 g/mol. The van der Waals surface area contributed by atoms with Crippen molar-refractivity contribution < 1.29 is 5.11 Å². The van der Waals surface area contributed by atoms with Crippen LogP contribution in [0.15, 0.2) is 24.3 Å². The highest BCUT2D eigenvalue weighted by Gasteiger charge is 2.17. The molecule has 2 aromatic rings. The molecule has 6 heteroatoms. The van der Waals surface area contributed by atoms with E-state index in [4.69, 9.17) is 15.7 Å². The number of rotatable bonds is 1. The van der Waals surface area contributed by atoms with Crippen molar-refractivity contribution in [3.63, 3.8) is 0 Å². The zero-order valence-electron chi connectivity index (χ0n) is 6.75. The second kappa shape index (κ2) is 2.60. The van der Waals surface area contributed by atoms with Crippen molar-refractivity contribution in [3.05, 3.63) is 24.3 Å². The van der Waals surface area contributed by atoms with Crippen molar-refractivity contribution >= 4 is 26.7 Å². The van der Waals surface area contributed by atoms with Gasteiger partial charge in [-0.15, -0.1) is 5.10 Å². The van der Waals surface area contributed by atoms with Crippen LogP contribution in [0.2, 0.25) is 0 Å². The average molecular weight is 169 g/mol. The number of hydrogen-bond acceptors (Lipinski definition) is 3. The molecule has 0 aliphatic heterocycles. The lowest BCUT2D eigenvalue weighted by atomic mass is 9.73. The Labute approximate surface area is 77.4 Å². The number of aromatic nitrogens is 3. The Morgan fingerprint density at radius 3 is 2.69 bits per heavy atom. The molecule has 1 aromatic heterocycles. The van der Waals surface area contributed by atoms with Crippen molar-refractivity contribution in [1.82, 2.24) is 15.0 Å². The summed E-state index contributed by atoms with van der Waals surface area (Å²) >= 11 is 0. The Hall–Kier alpha value is -1.29. The maximum Gasteiger partial charge on any atom is 0.131 e. The molecule has 4 nitrogen and oxygen atoms in total. The lowest BCUT2D eigenvalue weighted by Crippen LogP contribution is -2.35. The van der Waals surface area contributed by atoms with E-state index in [-0.39, 0.29) is 0 Å². The minimum absolute atomic E-state index is 0.593. The fourth-order valence-electron chi connectivity index (χ4n) is 1.13. The van der Waals surface area contributed by atoms with Gasteiger partial charge in [-0.05, 0) is 12.1 Å². The summed E-state index contributed by atoms with van der Waals surface area (Å²) in [5.41, 5.74) is -0.775. The molecule has 0 saturated carbocycles. The highest BCUT2D eigenvalue weighted by atomic mass is 16.3. The van der Waals surface area contributed by atoms with Gasteiger partial charge >= 0.3 is 0 Å². The summed E-state index contributed by atoms with van der Waals surface area (Å²) < 4.78 is 1.06. The summed E-state index contributed by atoms with van der Waals surface area (Å²) in [6, 6.07) is 7.08. The highest BCUT2D eigenvalue weighted by Crippen LogP contribution is 2.13. The first-order chi connectivity index (χ1) is 6.09. The van der Waals surface area contributed by atoms with Crippen LogP contribution in [0.5, 0.6) is 0 Å². The van der Waals surface area contributed by atoms with Crippen LogP contribution < -0.4 is 0 Å². The zero-order valence-corrected chi connectivity index (χ0v) is 6.75. The number of para-hydroxylation sites is 1. The van der Waals surface area contributed by atoms with Gasteiger partial charge < -0.3 is 5.11 Å². The normalized spacial score (nSPS) is 12.1. The van der Waals surface area contributed by atoms with E-state index >= 15 is 0 Å². The third-order valence-electron chi connectivity index (χ3n) is 1.69. The smallest absolute Gasteiger partial charge is 0.131 e. The molecule has 4 radical (unpaired) electrons. The molecule has 0 unspecified atom stereocenters. The highest BCUT2D eigenvalue weighted by molar-refractivity contribution is 6.36. The van der Waals surface area contributed by atoms with Gasteiger partial charge in [-0.3, -0.25) is 0 Å². The van der Waals surface area contributed by atoms with Crippen LogP contribution in [-0.4, -0.2) is 35.8 Å². The summed E-state index contributed by atoms with van der Waals surface area (Å²) in [7, 11) is 10.5. The van der Waals surface area contributed by atoms with Gasteiger partial charge in [0.1, 0.15) is 21.2 Å². The summed E-state index contributed by atoms with van der Waals surface area (Å²) in [5.74, 6) is 0. The van der Waals surface area contributed by atoms with Crippen molar-refractivity contribution in [1.29, 1.82) is 0 Å². The van der Waals surface area contributed by atoms with Gasteiger partial charge in [-0.2, -0.15) is 0 Å². The van der Waals surface area contributed by atoms with E-state index in [0.717, 1.165) is 4.68 Å². The van der Waals surface area contributed by atoms with E-state index in [2.05, 4.69) is 10.3 Å².